The Morgan fingerprint density at radius 2 is 1.76 bits per heavy atom. The molecule has 0 aliphatic carbocycles. The average molecular weight is 243 g/mol. The predicted octanol–water partition coefficient (Wildman–Crippen LogP) is 3.85. The van der Waals surface area contributed by atoms with Crippen molar-refractivity contribution in [1.82, 2.24) is 5.32 Å². The Morgan fingerprint density at radius 3 is 2.24 bits per heavy atom. The van der Waals surface area contributed by atoms with Gasteiger partial charge in [0.25, 0.3) is 0 Å². The van der Waals surface area contributed by atoms with E-state index in [1.54, 1.807) is 0 Å². The molecule has 2 heteroatoms. The maximum Gasteiger partial charge on any atom is 0.0471 e. The molecule has 0 saturated heterocycles. The molecule has 0 bridgehead atoms. The Bertz CT molecular complexity index is 180. The van der Waals surface area contributed by atoms with Crippen LogP contribution in [0.4, 0.5) is 0 Å². The van der Waals surface area contributed by atoms with E-state index < -0.39 is 0 Å². The molecule has 0 heterocycles. The normalized spacial score (nSPS) is 15.5. The highest BCUT2D eigenvalue weighted by Gasteiger charge is 2.27. The van der Waals surface area contributed by atoms with Crippen molar-refractivity contribution in [3.05, 3.63) is 0 Å². The molecule has 17 heavy (non-hydrogen) atoms. The summed E-state index contributed by atoms with van der Waals surface area (Å²) in [4.78, 5) is 0. The van der Waals surface area contributed by atoms with Gasteiger partial charge in [0.2, 0.25) is 0 Å². The molecule has 0 aromatic heterocycles. The van der Waals surface area contributed by atoms with Gasteiger partial charge in [-0.25, -0.2) is 0 Å². The molecule has 2 nitrogen and oxygen atoms in total. The van der Waals surface area contributed by atoms with Gasteiger partial charge in [-0.1, -0.05) is 48.0 Å². The first-order chi connectivity index (χ1) is 7.92. The number of hydrogen-bond donors (Lipinski definition) is 1. The van der Waals surface area contributed by atoms with Gasteiger partial charge < -0.3 is 10.1 Å². The quantitative estimate of drug-likeness (QED) is 0.588. The average Bonchev–Trinajstić information content (AvgIpc) is 2.26. The molecule has 0 fully saturated rings. The van der Waals surface area contributed by atoms with Crippen LogP contribution in [0, 0.1) is 11.3 Å². The standard InChI is InChI=1S/C15H33NO/c1-7-8-10-17-11-9-15(6,13(2)3)12-16-14(4)5/h13-14,16H,7-12H2,1-6H3. The molecule has 1 N–H and O–H groups in total. The molecule has 0 aromatic carbocycles. The van der Waals surface area contributed by atoms with Crippen LogP contribution < -0.4 is 5.32 Å². The van der Waals surface area contributed by atoms with Crippen LogP contribution in [0.5, 0.6) is 0 Å². The topological polar surface area (TPSA) is 21.3 Å². The largest absolute Gasteiger partial charge is 0.381 e. The number of hydrogen-bond acceptors (Lipinski definition) is 2. The third kappa shape index (κ3) is 7.77. The smallest absolute Gasteiger partial charge is 0.0471 e. The minimum Gasteiger partial charge on any atom is -0.381 e. The molecule has 0 amide bonds. The van der Waals surface area contributed by atoms with Gasteiger partial charge in [0.15, 0.2) is 0 Å². The molecule has 0 aromatic rings. The van der Waals surface area contributed by atoms with E-state index >= 15 is 0 Å². The van der Waals surface area contributed by atoms with Gasteiger partial charge in [-0.3, -0.25) is 0 Å². The highest BCUT2D eigenvalue weighted by atomic mass is 16.5. The molecule has 0 spiro atoms. The molecule has 0 radical (unpaired) electrons. The van der Waals surface area contributed by atoms with Crippen LogP contribution in [0.25, 0.3) is 0 Å². The summed E-state index contributed by atoms with van der Waals surface area (Å²) in [6.45, 7) is 16.5. The molecule has 1 unspecified atom stereocenters. The van der Waals surface area contributed by atoms with E-state index in [0.29, 0.717) is 17.4 Å². The van der Waals surface area contributed by atoms with Crippen molar-refractivity contribution in [2.45, 2.75) is 66.8 Å². The van der Waals surface area contributed by atoms with E-state index in [1.165, 1.54) is 12.8 Å². The van der Waals surface area contributed by atoms with Gasteiger partial charge in [-0.05, 0) is 24.2 Å². The first-order valence-corrected chi connectivity index (χ1v) is 7.23. The van der Waals surface area contributed by atoms with E-state index in [0.717, 1.165) is 26.2 Å². The van der Waals surface area contributed by atoms with Crippen LogP contribution in [0.15, 0.2) is 0 Å². The highest BCUT2D eigenvalue weighted by Crippen LogP contribution is 2.30. The lowest BCUT2D eigenvalue weighted by atomic mass is 9.76. The molecular weight excluding hydrogens is 210 g/mol. The fourth-order valence-corrected chi connectivity index (χ4v) is 1.67. The number of rotatable bonds is 10. The van der Waals surface area contributed by atoms with Crippen molar-refractivity contribution >= 4 is 0 Å². The van der Waals surface area contributed by atoms with Crippen LogP contribution >= 0.6 is 0 Å². The number of unbranched alkanes of at least 4 members (excludes halogenated alkanes) is 1. The molecule has 1 atom stereocenters. The third-order valence-corrected chi connectivity index (χ3v) is 3.77. The molecular formula is C15H33NO. The van der Waals surface area contributed by atoms with Crippen molar-refractivity contribution in [3.8, 4) is 0 Å². The maximum atomic E-state index is 5.70. The monoisotopic (exact) mass is 243 g/mol. The summed E-state index contributed by atoms with van der Waals surface area (Å²) in [7, 11) is 0. The highest BCUT2D eigenvalue weighted by molar-refractivity contribution is 4.80. The van der Waals surface area contributed by atoms with Crippen LogP contribution in [0.2, 0.25) is 0 Å². The third-order valence-electron chi connectivity index (χ3n) is 3.77. The molecule has 104 valence electrons. The fourth-order valence-electron chi connectivity index (χ4n) is 1.67. The Balaban J connectivity index is 3.95. The Kier molecular flexibility index (Phi) is 8.89. The summed E-state index contributed by atoms with van der Waals surface area (Å²) in [6, 6.07) is 0.564. The fraction of sp³-hybridized carbons (Fsp3) is 1.00. The van der Waals surface area contributed by atoms with Crippen molar-refractivity contribution in [2.75, 3.05) is 19.8 Å². The van der Waals surface area contributed by atoms with E-state index in [1.807, 2.05) is 0 Å². The van der Waals surface area contributed by atoms with Gasteiger partial charge in [0.1, 0.15) is 0 Å². The van der Waals surface area contributed by atoms with Crippen molar-refractivity contribution in [3.63, 3.8) is 0 Å². The second-order valence-electron chi connectivity index (χ2n) is 6.06. The Hall–Kier alpha value is -0.0800. The summed E-state index contributed by atoms with van der Waals surface area (Å²) in [5, 5.41) is 3.56. The van der Waals surface area contributed by atoms with Gasteiger partial charge in [0.05, 0.1) is 0 Å². The van der Waals surface area contributed by atoms with Gasteiger partial charge in [0, 0.05) is 25.8 Å². The van der Waals surface area contributed by atoms with Gasteiger partial charge >= 0.3 is 0 Å². The van der Waals surface area contributed by atoms with Crippen molar-refractivity contribution < 1.29 is 4.74 Å². The second-order valence-corrected chi connectivity index (χ2v) is 6.06. The zero-order valence-corrected chi connectivity index (χ0v) is 12.8. The molecule has 0 aliphatic rings. The van der Waals surface area contributed by atoms with Crippen LogP contribution in [-0.4, -0.2) is 25.8 Å². The van der Waals surface area contributed by atoms with Gasteiger partial charge in [-0.2, -0.15) is 0 Å². The summed E-state index contributed by atoms with van der Waals surface area (Å²) in [5.41, 5.74) is 0.344. The lowest BCUT2D eigenvalue weighted by Crippen LogP contribution is -2.39. The van der Waals surface area contributed by atoms with E-state index in [4.69, 9.17) is 4.74 Å². The Labute approximate surface area is 109 Å². The van der Waals surface area contributed by atoms with Crippen molar-refractivity contribution in [2.24, 2.45) is 11.3 Å². The van der Waals surface area contributed by atoms with Crippen molar-refractivity contribution in [1.29, 1.82) is 0 Å². The summed E-state index contributed by atoms with van der Waals surface area (Å²) in [5.74, 6) is 0.684. The zero-order chi connectivity index (χ0) is 13.3. The van der Waals surface area contributed by atoms with E-state index in [2.05, 4.69) is 46.9 Å². The Morgan fingerprint density at radius 1 is 1.12 bits per heavy atom. The number of nitrogens with one attached hydrogen (secondary N) is 1. The van der Waals surface area contributed by atoms with Crippen LogP contribution in [-0.2, 0) is 4.74 Å². The molecule has 0 aliphatic heterocycles. The lowest BCUT2D eigenvalue weighted by Gasteiger charge is -2.35. The minimum absolute atomic E-state index is 0.344. The van der Waals surface area contributed by atoms with Crippen LogP contribution in [0.1, 0.15) is 60.8 Å². The van der Waals surface area contributed by atoms with Gasteiger partial charge in [-0.15, -0.1) is 0 Å². The zero-order valence-electron chi connectivity index (χ0n) is 12.8. The maximum absolute atomic E-state index is 5.70. The van der Waals surface area contributed by atoms with E-state index in [9.17, 15) is 0 Å². The summed E-state index contributed by atoms with van der Waals surface area (Å²) < 4.78 is 5.70. The first kappa shape index (κ1) is 16.9. The summed E-state index contributed by atoms with van der Waals surface area (Å²) >= 11 is 0. The van der Waals surface area contributed by atoms with Crippen LogP contribution in [0.3, 0.4) is 0 Å². The summed E-state index contributed by atoms with van der Waals surface area (Å²) in [6.07, 6.45) is 3.55. The first-order valence-electron chi connectivity index (χ1n) is 7.23. The number of ether oxygens (including phenoxy) is 1. The second kappa shape index (κ2) is 8.93. The molecule has 0 saturated carbocycles. The SMILES string of the molecule is CCCCOCCC(C)(CNC(C)C)C(C)C. The lowest BCUT2D eigenvalue weighted by molar-refractivity contribution is 0.0765. The minimum atomic E-state index is 0.344. The van der Waals surface area contributed by atoms with E-state index in [-0.39, 0.29) is 0 Å². The molecule has 0 rings (SSSR count). The predicted molar refractivity (Wildman–Crippen MR) is 76.4 cm³/mol.